The Morgan fingerprint density at radius 1 is 1.31 bits per heavy atom. The number of nitrogens with zero attached hydrogens (tertiary/aromatic N) is 2. The lowest BCUT2D eigenvalue weighted by Crippen LogP contribution is -2.56. The molecule has 1 saturated heterocycles. The highest BCUT2D eigenvalue weighted by Crippen LogP contribution is 2.55. The minimum Gasteiger partial charge on any atom is -0.467 e. The SMILES string of the molecule is C=CC(C)(C)c1ccc2c(c1)[C@]1(C)C[C@@H](C(=O)OC)N(C(=O)C(F)(F)F)[C@@H]1N2C. The molecule has 0 spiro atoms. The number of fused-ring (bicyclic) bond motifs is 3. The van der Waals surface area contributed by atoms with Crippen molar-refractivity contribution in [2.45, 2.75) is 56.4 Å². The van der Waals surface area contributed by atoms with E-state index in [1.807, 2.05) is 32.0 Å². The molecule has 0 aromatic heterocycles. The second-order valence-electron chi connectivity index (χ2n) is 8.51. The monoisotopic (exact) mass is 410 g/mol. The van der Waals surface area contributed by atoms with Gasteiger partial charge in [-0.2, -0.15) is 13.2 Å². The number of esters is 1. The van der Waals surface area contributed by atoms with Crippen molar-refractivity contribution in [3.8, 4) is 0 Å². The maximum Gasteiger partial charge on any atom is 0.471 e. The fourth-order valence-electron chi connectivity index (χ4n) is 4.63. The molecule has 0 N–H and O–H groups in total. The van der Waals surface area contributed by atoms with Crippen molar-refractivity contribution >= 4 is 17.6 Å². The predicted molar refractivity (Wildman–Crippen MR) is 103 cm³/mol. The summed E-state index contributed by atoms with van der Waals surface area (Å²) in [5, 5.41) is 0. The fourth-order valence-corrected chi connectivity index (χ4v) is 4.63. The number of methoxy groups -OCH3 is 1. The van der Waals surface area contributed by atoms with Crippen molar-refractivity contribution < 1.29 is 27.5 Å². The molecule has 29 heavy (non-hydrogen) atoms. The van der Waals surface area contributed by atoms with E-state index < -0.39 is 35.7 Å². The van der Waals surface area contributed by atoms with Crippen molar-refractivity contribution in [3.63, 3.8) is 0 Å². The van der Waals surface area contributed by atoms with E-state index in [4.69, 9.17) is 4.74 Å². The van der Waals surface area contributed by atoms with Crippen LogP contribution in [0.5, 0.6) is 0 Å². The van der Waals surface area contributed by atoms with Crippen LogP contribution in [0.3, 0.4) is 0 Å². The van der Waals surface area contributed by atoms with E-state index in [0.717, 1.165) is 23.9 Å². The summed E-state index contributed by atoms with van der Waals surface area (Å²) >= 11 is 0. The summed E-state index contributed by atoms with van der Waals surface area (Å²) in [5.41, 5.74) is 1.30. The predicted octanol–water partition coefficient (Wildman–Crippen LogP) is 3.52. The van der Waals surface area contributed by atoms with Crippen LogP contribution in [0.1, 0.15) is 38.3 Å². The third-order valence-corrected chi connectivity index (χ3v) is 6.35. The molecular formula is C21H25F3N2O3. The van der Waals surface area contributed by atoms with Crippen LogP contribution in [0.2, 0.25) is 0 Å². The second kappa shape index (κ2) is 6.50. The number of rotatable bonds is 3. The van der Waals surface area contributed by atoms with Crippen LogP contribution in [0.4, 0.5) is 18.9 Å². The van der Waals surface area contributed by atoms with E-state index in [1.54, 1.807) is 24.9 Å². The van der Waals surface area contributed by atoms with Crippen molar-refractivity contribution in [1.29, 1.82) is 0 Å². The Morgan fingerprint density at radius 3 is 2.45 bits per heavy atom. The van der Waals surface area contributed by atoms with Crippen LogP contribution < -0.4 is 4.90 Å². The number of amides is 1. The lowest BCUT2D eigenvalue weighted by atomic mass is 9.76. The fraction of sp³-hybridized carbons (Fsp3) is 0.524. The number of carbonyl (C=O) groups is 2. The smallest absolute Gasteiger partial charge is 0.467 e. The molecule has 1 aromatic carbocycles. The number of hydrogen-bond acceptors (Lipinski definition) is 4. The molecule has 0 saturated carbocycles. The van der Waals surface area contributed by atoms with Crippen LogP contribution in [0, 0.1) is 0 Å². The molecule has 5 nitrogen and oxygen atoms in total. The number of alkyl halides is 3. The Morgan fingerprint density at radius 2 is 1.93 bits per heavy atom. The third kappa shape index (κ3) is 3.00. The molecule has 2 heterocycles. The first-order chi connectivity index (χ1) is 13.3. The van der Waals surface area contributed by atoms with Gasteiger partial charge in [0.2, 0.25) is 0 Å². The first-order valence-electron chi connectivity index (χ1n) is 9.28. The zero-order valence-corrected chi connectivity index (χ0v) is 17.1. The molecule has 3 rings (SSSR count). The maximum atomic E-state index is 13.4. The Labute approximate surface area is 168 Å². The van der Waals surface area contributed by atoms with Gasteiger partial charge in [0, 0.05) is 23.6 Å². The van der Waals surface area contributed by atoms with Gasteiger partial charge in [-0.05, 0) is 23.6 Å². The highest BCUT2D eigenvalue weighted by atomic mass is 19.4. The molecule has 0 unspecified atom stereocenters. The van der Waals surface area contributed by atoms with Crippen LogP contribution in [0.25, 0.3) is 0 Å². The number of carbonyl (C=O) groups excluding carboxylic acids is 2. The van der Waals surface area contributed by atoms with Gasteiger partial charge in [-0.1, -0.05) is 39.0 Å². The van der Waals surface area contributed by atoms with Gasteiger partial charge >= 0.3 is 18.1 Å². The van der Waals surface area contributed by atoms with Crippen molar-refractivity contribution in [2.24, 2.45) is 0 Å². The van der Waals surface area contributed by atoms with Gasteiger partial charge in [-0.3, -0.25) is 9.69 Å². The number of allylic oxidation sites excluding steroid dienone is 1. The van der Waals surface area contributed by atoms with Crippen molar-refractivity contribution in [3.05, 3.63) is 42.0 Å². The molecule has 1 fully saturated rings. The van der Waals surface area contributed by atoms with Gasteiger partial charge < -0.3 is 9.64 Å². The lowest BCUT2D eigenvalue weighted by molar-refractivity contribution is -0.190. The number of halogens is 3. The second-order valence-corrected chi connectivity index (χ2v) is 8.51. The first-order valence-corrected chi connectivity index (χ1v) is 9.28. The quantitative estimate of drug-likeness (QED) is 0.565. The average molecular weight is 410 g/mol. The molecule has 0 bridgehead atoms. The summed E-state index contributed by atoms with van der Waals surface area (Å²) in [6.07, 6.45) is -4.19. The molecule has 2 aliphatic rings. The van der Waals surface area contributed by atoms with Gasteiger partial charge in [0.15, 0.2) is 0 Å². The molecule has 158 valence electrons. The number of likely N-dealkylation sites (N-methyl/N-ethyl adjacent to an activating group) is 1. The molecule has 1 amide bonds. The summed E-state index contributed by atoms with van der Waals surface area (Å²) < 4.78 is 44.8. The molecule has 2 aliphatic heterocycles. The molecule has 0 aliphatic carbocycles. The summed E-state index contributed by atoms with van der Waals surface area (Å²) in [7, 11) is 2.75. The molecular weight excluding hydrogens is 385 g/mol. The number of ether oxygens (including phenoxy) is 1. The van der Waals surface area contributed by atoms with Crippen LogP contribution in [0.15, 0.2) is 30.9 Å². The van der Waals surface area contributed by atoms with Gasteiger partial charge in [-0.15, -0.1) is 6.58 Å². The number of anilines is 1. The summed E-state index contributed by atoms with van der Waals surface area (Å²) in [4.78, 5) is 26.9. The van der Waals surface area contributed by atoms with Crippen LogP contribution in [-0.4, -0.2) is 49.3 Å². The minimum atomic E-state index is -5.09. The molecule has 0 radical (unpaired) electrons. The molecule has 8 heteroatoms. The van der Waals surface area contributed by atoms with Gasteiger partial charge in [0.1, 0.15) is 12.2 Å². The van der Waals surface area contributed by atoms with E-state index in [9.17, 15) is 22.8 Å². The van der Waals surface area contributed by atoms with Gasteiger partial charge in [0.05, 0.1) is 7.11 Å². The van der Waals surface area contributed by atoms with Crippen molar-refractivity contribution in [2.75, 3.05) is 19.1 Å². The minimum absolute atomic E-state index is 0.0431. The van der Waals surface area contributed by atoms with E-state index in [0.29, 0.717) is 4.90 Å². The summed E-state index contributed by atoms with van der Waals surface area (Å²) in [6, 6.07) is 4.40. The maximum absolute atomic E-state index is 13.4. The Kier molecular flexibility index (Phi) is 4.75. The Bertz CT molecular complexity index is 880. The zero-order chi connectivity index (χ0) is 21.9. The number of likely N-dealkylation sites (tertiary alicyclic amines) is 1. The number of benzene rings is 1. The average Bonchev–Trinajstić information content (AvgIpc) is 3.08. The van der Waals surface area contributed by atoms with E-state index in [1.165, 1.54) is 0 Å². The van der Waals surface area contributed by atoms with E-state index in [2.05, 4.69) is 6.58 Å². The Balaban J connectivity index is 2.17. The molecule has 1 aromatic rings. The van der Waals surface area contributed by atoms with Crippen LogP contribution in [-0.2, 0) is 25.2 Å². The van der Waals surface area contributed by atoms with Crippen LogP contribution >= 0.6 is 0 Å². The number of hydrogen-bond donors (Lipinski definition) is 0. The third-order valence-electron chi connectivity index (χ3n) is 6.35. The lowest BCUT2D eigenvalue weighted by Gasteiger charge is -2.36. The van der Waals surface area contributed by atoms with E-state index >= 15 is 0 Å². The topological polar surface area (TPSA) is 49.9 Å². The van der Waals surface area contributed by atoms with Crippen molar-refractivity contribution in [1.82, 2.24) is 4.90 Å². The molecule has 3 atom stereocenters. The van der Waals surface area contributed by atoms with Gasteiger partial charge in [0.25, 0.3) is 0 Å². The van der Waals surface area contributed by atoms with Gasteiger partial charge in [-0.25, -0.2) is 4.79 Å². The summed E-state index contributed by atoms with van der Waals surface area (Å²) in [5.74, 6) is -2.89. The normalized spacial score (nSPS) is 26.2. The largest absolute Gasteiger partial charge is 0.471 e. The zero-order valence-electron chi connectivity index (χ0n) is 17.1. The highest BCUT2D eigenvalue weighted by molar-refractivity contribution is 5.90. The highest BCUT2D eigenvalue weighted by Gasteiger charge is 2.64. The summed E-state index contributed by atoms with van der Waals surface area (Å²) in [6.45, 7) is 9.64. The first kappa shape index (κ1) is 21.2. The van der Waals surface area contributed by atoms with E-state index in [-0.39, 0.29) is 11.8 Å². The Hall–Kier alpha value is -2.51. The standard InChI is InChI=1S/C21H25F3N2O3/c1-7-19(2,3)12-8-9-14-13(10-12)20(4)11-15(16(27)29-6)26(17(20)25(14)5)18(28)21(22,23)24/h7-10,15,17H,1,11H2,2-6H3/t15-,17-,20-/m0/s1.